The Morgan fingerprint density at radius 3 is 2.50 bits per heavy atom. The second-order valence-electron chi connectivity index (χ2n) is 6.23. The summed E-state index contributed by atoms with van der Waals surface area (Å²) in [5.41, 5.74) is 1.93. The van der Waals surface area contributed by atoms with Crippen LogP contribution in [-0.4, -0.2) is 33.3 Å². The summed E-state index contributed by atoms with van der Waals surface area (Å²) < 4.78 is 1.80. The lowest BCUT2D eigenvalue weighted by molar-refractivity contribution is -0.138. The van der Waals surface area contributed by atoms with E-state index in [9.17, 15) is 14.7 Å². The van der Waals surface area contributed by atoms with Crippen molar-refractivity contribution in [3.05, 3.63) is 53.3 Å². The van der Waals surface area contributed by atoms with Crippen molar-refractivity contribution in [2.24, 2.45) is 5.92 Å². The summed E-state index contributed by atoms with van der Waals surface area (Å²) in [7, 11) is 0. The molecule has 6 heteroatoms. The number of carboxylic acids is 1. The monoisotopic (exact) mass is 329 g/mol. The van der Waals surface area contributed by atoms with E-state index in [-0.39, 0.29) is 12.5 Å². The zero-order valence-corrected chi connectivity index (χ0v) is 14.2. The standard InChI is InChI=1S/C18H23N3O3/c1-12(2)11-21-13(3)15(10-20-21)17(22)19-9-16(18(23)24)14-7-5-4-6-8-14/h4-8,10,12,16H,9,11H2,1-3H3,(H,19,22)(H,23,24). The van der Waals surface area contributed by atoms with Gasteiger partial charge in [-0.15, -0.1) is 0 Å². The van der Waals surface area contributed by atoms with Crippen LogP contribution in [0, 0.1) is 12.8 Å². The van der Waals surface area contributed by atoms with Crippen molar-refractivity contribution in [1.82, 2.24) is 15.1 Å². The minimum atomic E-state index is -0.964. The number of hydrogen-bond acceptors (Lipinski definition) is 3. The molecule has 0 aliphatic carbocycles. The van der Waals surface area contributed by atoms with Gasteiger partial charge in [0.2, 0.25) is 0 Å². The van der Waals surface area contributed by atoms with Crippen LogP contribution < -0.4 is 5.32 Å². The zero-order valence-electron chi connectivity index (χ0n) is 14.2. The third-order valence-electron chi connectivity index (χ3n) is 3.85. The van der Waals surface area contributed by atoms with Gasteiger partial charge in [-0.25, -0.2) is 0 Å². The summed E-state index contributed by atoms with van der Waals surface area (Å²) in [6.07, 6.45) is 1.53. The Kier molecular flexibility index (Phi) is 5.73. The number of carbonyl (C=O) groups excluding carboxylic acids is 1. The average molecular weight is 329 g/mol. The van der Waals surface area contributed by atoms with E-state index in [0.717, 1.165) is 12.2 Å². The fourth-order valence-electron chi connectivity index (χ4n) is 2.52. The number of nitrogens with zero attached hydrogens (tertiary/aromatic N) is 2. The van der Waals surface area contributed by atoms with Crippen LogP contribution in [0.3, 0.4) is 0 Å². The fourth-order valence-corrected chi connectivity index (χ4v) is 2.52. The predicted molar refractivity (Wildman–Crippen MR) is 91.0 cm³/mol. The van der Waals surface area contributed by atoms with E-state index < -0.39 is 11.9 Å². The molecular formula is C18H23N3O3. The Labute approximate surface area is 141 Å². The molecule has 0 saturated heterocycles. The maximum absolute atomic E-state index is 12.4. The molecule has 0 aliphatic heterocycles. The molecule has 2 rings (SSSR count). The highest BCUT2D eigenvalue weighted by atomic mass is 16.4. The van der Waals surface area contributed by atoms with Gasteiger partial charge in [0, 0.05) is 18.8 Å². The third kappa shape index (κ3) is 4.22. The van der Waals surface area contributed by atoms with E-state index in [1.807, 2.05) is 13.0 Å². The number of carbonyl (C=O) groups is 2. The molecule has 2 N–H and O–H groups in total. The lowest BCUT2D eigenvalue weighted by Crippen LogP contribution is -2.32. The molecule has 0 spiro atoms. The van der Waals surface area contributed by atoms with Gasteiger partial charge in [0.05, 0.1) is 17.7 Å². The van der Waals surface area contributed by atoms with E-state index in [2.05, 4.69) is 24.3 Å². The normalized spacial score (nSPS) is 12.2. The first kappa shape index (κ1) is 17.7. The van der Waals surface area contributed by atoms with E-state index >= 15 is 0 Å². The molecule has 0 bridgehead atoms. The summed E-state index contributed by atoms with van der Waals surface area (Å²) in [5.74, 6) is -1.62. The number of rotatable bonds is 7. The van der Waals surface area contributed by atoms with Crippen molar-refractivity contribution >= 4 is 11.9 Å². The van der Waals surface area contributed by atoms with Gasteiger partial charge in [-0.05, 0) is 18.4 Å². The topological polar surface area (TPSA) is 84.2 Å². The molecule has 1 amide bonds. The van der Waals surface area contributed by atoms with E-state index in [1.54, 1.807) is 28.9 Å². The average Bonchev–Trinajstić information content (AvgIpc) is 2.88. The van der Waals surface area contributed by atoms with E-state index in [1.165, 1.54) is 6.20 Å². The Morgan fingerprint density at radius 1 is 1.25 bits per heavy atom. The van der Waals surface area contributed by atoms with Crippen molar-refractivity contribution in [1.29, 1.82) is 0 Å². The quantitative estimate of drug-likeness (QED) is 0.817. The summed E-state index contributed by atoms with van der Waals surface area (Å²) >= 11 is 0. The number of aromatic nitrogens is 2. The zero-order chi connectivity index (χ0) is 17.7. The maximum atomic E-state index is 12.4. The molecule has 128 valence electrons. The highest BCUT2D eigenvalue weighted by Gasteiger charge is 2.22. The molecule has 1 aromatic carbocycles. The summed E-state index contributed by atoms with van der Waals surface area (Å²) in [6.45, 7) is 6.78. The van der Waals surface area contributed by atoms with Gasteiger partial charge in [0.25, 0.3) is 5.91 Å². The summed E-state index contributed by atoms with van der Waals surface area (Å²) in [4.78, 5) is 23.8. The number of nitrogens with one attached hydrogen (secondary N) is 1. The number of aliphatic carboxylic acids is 1. The molecule has 0 radical (unpaired) electrons. The SMILES string of the molecule is Cc1c(C(=O)NCC(C(=O)O)c2ccccc2)cnn1CC(C)C. The van der Waals surface area contributed by atoms with Crippen LogP contribution in [0.25, 0.3) is 0 Å². The molecule has 1 heterocycles. The van der Waals surface area contributed by atoms with Crippen molar-refractivity contribution in [2.45, 2.75) is 33.2 Å². The first-order chi connectivity index (χ1) is 11.4. The van der Waals surface area contributed by atoms with E-state index in [4.69, 9.17) is 0 Å². The Balaban J connectivity index is 2.06. The van der Waals surface area contributed by atoms with Crippen LogP contribution in [0.5, 0.6) is 0 Å². The minimum absolute atomic E-state index is 0.0347. The van der Waals surface area contributed by atoms with Crippen molar-refractivity contribution in [3.8, 4) is 0 Å². The second kappa shape index (κ2) is 7.77. The summed E-state index contributed by atoms with van der Waals surface area (Å²) in [5, 5.41) is 16.4. The van der Waals surface area contributed by atoms with Crippen molar-refractivity contribution < 1.29 is 14.7 Å². The van der Waals surface area contributed by atoms with Gasteiger partial charge >= 0.3 is 5.97 Å². The molecule has 24 heavy (non-hydrogen) atoms. The summed E-state index contributed by atoms with van der Waals surface area (Å²) in [6, 6.07) is 8.89. The smallest absolute Gasteiger partial charge is 0.312 e. The van der Waals surface area contributed by atoms with Gasteiger partial charge in [0.1, 0.15) is 0 Å². The molecule has 1 unspecified atom stereocenters. The third-order valence-corrected chi connectivity index (χ3v) is 3.85. The second-order valence-corrected chi connectivity index (χ2v) is 6.23. The molecule has 0 aliphatic rings. The molecule has 0 fully saturated rings. The van der Waals surface area contributed by atoms with Crippen LogP contribution in [0.1, 0.15) is 41.4 Å². The van der Waals surface area contributed by atoms with Gasteiger partial charge in [-0.2, -0.15) is 5.10 Å². The lowest BCUT2D eigenvalue weighted by atomic mass is 9.99. The largest absolute Gasteiger partial charge is 0.481 e. The highest BCUT2D eigenvalue weighted by Crippen LogP contribution is 2.15. The van der Waals surface area contributed by atoms with Gasteiger partial charge in [-0.3, -0.25) is 14.3 Å². The fraction of sp³-hybridized carbons (Fsp3) is 0.389. The van der Waals surface area contributed by atoms with Crippen LogP contribution in [0.4, 0.5) is 0 Å². The van der Waals surface area contributed by atoms with Crippen LogP contribution >= 0.6 is 0 Å². The minimum Gasteiger partial charge on any atom is -0.481 e. The Hall–Kier alpha value is -2.63. The number of hydrogen-bond donors (Lipinski definition) is 2. The van der Waals surface area contributed by atoms with Gasteiger partial charge in [-0.1, -0.05) is 44.2 Å². The molecule has 2 aromatic rings. The molecule has 6 nitrogen and oxygen atoms in total. The number of amides is 1. The number of carboxylic acid groups (broad SMARTS) is 1. The van der Waals surface area contributed by atoms with E-state index in [0.29, 0.717) is 17.0 Å². The first-order valence-electron chi connectivity index (χ1n) is 7.98. The molecule has 0 saturated carbocycles. The predicted octanol–water partition coefficient (Wildman–Crippen LogP) is 2.45. The number of benzene rings is 1. The molecular weight excluding hydrogens is 306 g/mol. The Morgan fingerprint density at radius 2 is 1.92 bits per heavy atom. The van der Waals surface area contributed by atoms with Crippen molar-refractivity contribution in [2.75, 3.05) is 6.54 Å². The van der Waals surface area contributed by atoms with Crippen LogP contribution in [-0.2, 0) is 11.3 Å². The van der Waals surface area contributed by atoms with Gasteiger partial charge < -0.3 is 10.4 Å². The first-order valence-corrected chi connectivity index (χ1v) is 7.98. The lowest BCUT2D eigenvalue weighted by Gasteiger charge is -2.14. The molecule has 1 atom stereocenters. The van der Waals surface area contributed by atoms with Gasteiger partial charge in [0.15, 0.2) is 0 Å². The van der Waals surface area contributed by atoms with Crippen molar-refractivity contribution in [3.63, 3.8) is 0 Å². The molecule has 1 aromatic heterocycles. The maximum Gasteiger partial charge on any atom is 0.312 e. The Bertz CT molecular complexity index is 708. The van der Waals surface area contributed by atoms with Crippen LogP contribution in [0.2, 0.25) is 0 Å². The van der Waals surface area contributed by atoms with Crippen LogP contribution in [0.15, 0.2) is 36.5 Å². The highest BCUT2D eigenvalue weighted by molar-refractivity contribution is 5.95.